The second-order valence-electron chi connectivity index (χ2n) is 10.1. The van der Waals surface area contributed by atoms with E-state index in [1.54, 1.807) is 20.3 Å². The first kappa shape index (κ1) is 31.2. The van der Waals surface area contributed by atoms with Crippen LogP contribution < -0.4 is 4.74 Å². The smallest absolute Gasteiger partial charge is 0.332 e. The Labute approximate surface area is 248 Å². The topological polar surface area (TPSA) is 72.5 Å². The van der Waals surface area contributed by atoms with Crippen LogP contribution in [0.1, 0.15) is 16.7 Å². The normalized spacial score (nSPS) is 20.5. The summed E-state index contributed by atoms with van der Waals surface area (Å²) in [6, 6.07) is 27.4. The zero-order valence-electron chi connectivity index (χ0n) is 24.3. The van der Waals surface area contributed by atoms with Gasteiger partial charge in [0.05, 0.1) is 51.7 Å². The van der Waals surface area contributed by atoms with E-state index >= 15 is 0 Å². The molecule has 5 atom stereocenters. The quantitative estimate of drug-likeness (QED) is 0.156. The number of rotatable bonds is 16. The Bertz CT molecular complexity index is 1240. The molecule has 7 heteroatoms. The maximum Gasteiger partial charge on any atom is 0.332 e. The molecule has 222 valence electrons. The minimum atomic E-state index is -0.554. The molecule has 0 radical (unpaired) electrons. The molecular formula is C35H40O7. The van der Waals surface area contributed by atoms with Crippen LogP contribution in [-0.4, -0.2) is 51.7 Å². The van der Waals surface area contributed by atoms with Crippen LogP contribution >= 0.6 is 0 Å². The molecule has 0 heterocycles. The number of benzene rings is 3. The molecule has 0 bridgehead atoms. The summed E-state index contributed by atoms with van der Waals surface area (Å²) in [6.45, 7) is 5.34. The molecule has 0 spiro atoms. The lowest BCUT2D eigenvalue weighted by Crippen LogP contribution is -2.48. The highest BCUT2D eigenvalue weighted by molar-refractivity contribution is 5.71. The summed E-state index contributed by atoms with van der Waals surface area (Å²) in [7, 11) is 3.28. The number of carbonyl (C=O) groups excluding carboxylic acids is 1. The van der Waals surface area contributed by atoms with Crippen LogP contribution in [0.3, 0.4) is 0 Å². The predicted molar refractivity (Wildman–Crippen MR) is 161 cm³/mol. The predicted octanol–water partition coefficient (Wildman–Crippen LogP) is 5.93. The van der Waals surface area contributed by atoms with Crippen LogP contribution in [0.25, 0.3) is 0 Å². The van der Waals surface area contributed by atoms with Crippen molar-refractivity contribution in [2.24, 2.45) is 11.8 Å². The van der Waals surface area contributed by atoms with Gasteiger partial charge in [-0.1, -0.05) is 84.9 Å². The van der Waals surface area contributed by atoms with Crippen molar-refractivity contribution in [2.45, 2.75) is 38.1 Å². The lowest BCUT2D eigenvalue weighted by molar-refractivity contribution is -0.164. The van der Waals surface area contributed by atoms with Crippen molar-refractivity contribution >= 4 is 5.97 Å². The first-order valence-electron chi connectivity index (χ1n) is 14.1. The Morgan fingerprint density at radius 3 is 2.10 bits per heavy atom. The van der Waals surface area contributed by atoms with E-state index in [0.29, 0.717) is 26.4 Å². The molecule has 0 saturated heterocycles. The third-order valence-corrected chi connectivity index (χ3v) is 7.20. The lowest BCUT2D eigenvalue weighted by atomic mass is 9.79. The third-order valence-electron chi connectivity index (χ3n) is 7.20. The molecule has 1 aliphatic carbocycles. The van der Waals surface area contributed by atoms with Crippen LogP contribution in [0.15, 0.2) is 110 Å². The molecule has 0 fully saturated rings. The number of hydrogen-bond donors (Lipinski definition) is 0. The molecule has 7 nitrogen and oxygen atoms in total. The highest BCUT2D eigenvalue weighted by atomic mass is 16.6. The van der Waals surface area contributed by atoms with E-state index in [2.05, 4.69) is 6.58 Å². The summed E-state index contributed by atoms with van der Waals surface area (Å²) in [5.74, 6) is -0.122. The summed E-state index contributed by atoms with van der Waals surface area (Å²) >= 11 is 0. The van der Waals surface area contributed by atoms with Crippen molar-refractivity contribution in [3.8, 4) is 5.75 Å². The van der Waals surface area contributed by atoms with Crippen LogP contribution in [-0.2, 0) is 48.3 Å². The maximum absolute atomic E-state index is 12.8. The van der Waals surface area contributed by atoms with Gasteiger partial charge in [-0.15, -0.1) is 6.58 Å². The summed E-state index contributed by atoms with van der Waals surface area (Å²) in [5, 5.41) is 0. The maximum atomic E-state index is 12.8. The van der Waals surface area contributed by atoms with E-state index in [1.165, 1.54) is 0 Å². The monoisotopic (exact) mass is 572 g/mol. The van der Waals surface area contributed by atoms with Gasteiger partial charge in [0, 0.05) is 13.0 Å². The van der Waals surface area contributed by atoms with Gasteiger partial charge in [-0.2, -0.15) is 0 Å². The van der Waals surface area contributed by atoms with Crippen molar-refractivity contribution in [1.82, 2.24) is 0 Å². The highest BCUT2D eigenvalue weighted by Gasteiger charge is 2.42. The Hall–Kier alpha value is -3.75. The summed E-state index contributed by atoms with van der Waals surface area (Å²) in [5.41, 5.74) is 3.04. The van der Waals surface area contributed by atoms with Gasteiger partial charge in [0.15, 0.2) is 0 Å². The Balaban J connectivity index is 1.47. The van der Waals surface area contributed by atoms with Crippen LogP contribution in [0, 0.1) is 11.8 Å². The summed E-state index contributed by atoms with van der Waals surface area (Å²) in [4.78, 5) is 12.8. The summed E-state index contributed by atoms with van der Waals surface area (Å²) in [6.07, 6.45) is 4.42. The molecule has 0 N–H and O–H groups in total. The van der Waals surface area contributed by atoms with Gasteiger partial charge >= 0.3 is 5.97 Å². The molecule has 0 unspecified atom stereocenters. The van der Waals surface area contributed by atoms with E-state index in [0.717, 1.165) is 22.4 Å². The van der Waals surface area contributed by atoms with Crippen LogP contribution in [0.2, 0.25) is 0 Å². The number of ether oxygens (including phenoxy) is 6. The fraction of sp³-hybridized carbons (Fsp3) is 0.343. The minimum absolute atomic E-state index is 0.155. The number of esters is 1. The van der Waals surface area contributed by atoms with Gasteiger partial charge < -0.3 is 28.4 Å². The first-order chi connectivity index (χ1) is 20.6. The standard InChI is InChI=1S/C35H40O7/c1-4-32(40-22-28-15-17-29(38-3)18-16-28)30-19-20-33(42-34(36)25-39-21-26-11-7-5-8-12-26)31(24-37-2)35(30)41-23-27-13-9-6-10-14-27/h4-20,30-33,35H,1,21-25H2,2-3H3/t30-,31+,32-,33-,35-/m1/s1. The van der Waals surface area contributed by atoms with Gasteiger partial charge in [-0.25, -0.2) is 4.79 Å². The third kappa shape index (κ3) is 9.13. The Morgan fingerprint density at radius 1 is 0.833 bits per heavy atom. The fourth-order valence-electron chi connectivity index (χ4n) is 5.03. The molecule has 0 amide bonds. The van der Waals surface area contributed by atoms with Gasteiger partial charge in [0.2, 0.25) is 0 Å². The average molecular weight is 573 g/mol. The zero-order chi connectivity index (χ0) is 29.6. The van der Waals surface area contributed by atoms with E-state index in [9.17, 15) is 4.79 Å². The molecule has 0 saturated carbocycles. The molecule has 0 aliphatic heterocycles. The van der Waals surface area contributed by atoms with Gasteiger partial charge in [-0.3, -0.25) is 0 Å². The highest BCUT2D eigenvalue weighted by Crippen LogP contribution is 2.34. The second-order valence-corrected chi connectivity index (χ2v) is 10.1. The molecule has 3 aromatic carbocycles. The fourth-order valence-corrected chi connectivity index (χ4v) is 5.03. The molecule has 0 aromatic heterocycles. The Morgan fingerprint density at radius 2 is 1.48 bits per heavy atom. The Kier molecular flexibility index (Phi) is 12.4. The molecule has 3 aromatic rings. The van der Waals surface area contributed by atoms with Crippen molar-refractivity contribution in [3.05, 3.63) is 126 Å². The number of hydrogen-bond acceptors (Lipinski definition) is 7. The summed E-state index contributed by atoms with van der Waals surface area (Å²) < 4.78 is 35.3. The molecular weight excluding hydrogens is 532 g/mol. The van der Waals surface area contributed by atoms with Gasteiger partial charge in [0.25, 0.3) is 0 Å². The van der Waals surface area contributed by atoms with E-state index in [-0.39, 0.29) is 30.7 Å². The van der Waals surface area contributed by atoms with Crippen LogP contribution in [0.5, 0.6) is 5.75 Å². The SMILES string of the molecule is C=C[C@@H](OCc1ccc(OC)cc1)[C@H]1C=C[C@@H](OC(=O)COCc2ccccc2)[C@H](COC)[C@@H]1OCc1ccccc1. The van der Waals surface area contributed by atoms with E-state index < -0.39 is 12.1 Å². The number of carbonyl (C=O) groups is 1. The van der Waals surface area contributed by atoms with Crippen molar-refractivity contribution in [2.75, 3.05) is 27.4 Å². The average Bonchev–Trinajstić information content (AvgIpc) is 3.03. The van der Waals surface area contributed by atoms with Gasteiger partial charge in [-0.05, 0) is 34.9 Å². The van der Waals surface area contributed by atoms with E-state index in [1.807, 2.05) is 97.1 Å². The largest absolute Gasteiger partial charge is 0.497 e. The second kappa shape index (κ2) is 16.6. The molecule has 42 heavy (non-hydrogen) atoms. The van der Waals surface area contributed by atoms with Crippen LogP contribution in [0.4, 0.5) is 0 Å². The first-order valence-corrected chi connectivity index (χ1v) is 14.1. The van der Waals surface area contributed by atoms with Crippen molar-refractivity contribution in [3.63, 3.8) is 0 Å². The zero-order valence-corrected chi connectivity index (χ0v) is 24.3. The molecule has 4 rings (SSSR count). The lowest BCUT2D eigenvalue weighted by Gasteiger charge is -2.41. The van der Waals surface area contributed by atoms with E-state index in [4.69, 9.17) is 28.4 Å². The van der Waals surface area contributed by atoms with Crippen molar-refractivity contribution < 1.29 is 33.2 Å². The molecule has 1 aliphatic rings. The van der Waals surface area contributed by atoms with Gasteiger partial charge in [0.1, 0.15) is 18.5 Å². The minimum Gasteiger partial charge on any atom is -0.497 e. The van der Waals surface area contributed by atoms with Crippen molar-refractivity contribution in [1.29, 1.82) is 0 Å². The number of methoxy groups -OCH3 is 2.